The van der Waals surface area contributed by atoms with Crippen LogP contribution in [-0.4, -0.2) is 25.1 Å². The third-order valence-corrected chi connectivity index (χ3v) is 4.00. The number of aromatic amines is 1. The van der Waals surface area contributed by atoms with Crippen molar-refractivity contribution in [1.29, 1.82) is 0 Å². The Balaban J connectivity index is 1.80. The lowest BCUT2D eigenvalue weighted by molar-refractivity contribution is -0.115. The predicted octanol–water partition coefficient (Wildman–Crippen LogP) is 4.02. The molecular weight excluding hydrogens is 328 g/mol. The second-order valence-corrected chi connectivity index (χ2v) is 5.73. The van der Waals surface area contributed by atoms with Crippen LogP contribution in [0.15, 0.2) is 42.6 Å². The van der Waals surface area contributed by atoms with E-state index in [0.717, 1.165) is 16.5 Å². The molecule has 5 nitrogen and oxygen atoms in total. The number of benzene rings is 2. The van der Waals surface area contributed by atoms with Crippen molar-refractivity contribution in [3.8, 4) is 11.5 Å². The number of methoxy groups -OCH3 is 2. The van der Waals surface area contributed by atoms with E-state index in [9.17, 15) is 4.79 Å². The van der Waals surface area contributed by atoms with Gasteiger partial charge in [0.15, 0.2) is 0 Å². The van der Waals surface area contributed by atoms with Gasteiger partial charge < -0.3 is 19.8 Å². The molecular formula is C18H17ClN2O3. The van der Waals surface area contributed by atoms with Gasteiger partial charge in [-0.3, -0.25) is 4.79 Å². The van der Waals surface area contributed by atoms with Crippen LogP contribution >= 0.6 is 11.6 Å². The van der Waals surface area contributed by atoms with Gasteiger partial charge in [0.1, 0.15) is 11.5 Å². The molecule has 0 radical (unpaired) electrons. The summed E-state index contributed by atoms with van der Waals surface area (Å²) in [6, 6.07) is 10.8. The van der Waals surface area contributed by atoms with Crippen molar-refractivity contribution in [3.05, 3.63) is 53.2 Å². The van der Waals surface area contributed by atoms with Crippen LogP contribution in [0.1, 0.15) is 5.56 Å². The number of carbonyl (C=O) groups excluding carboxylic acids is 1. The zero-order chi connectivity index (χ0) is 17.1. The molecule has 0 bridgehead atoms. The molecule has 124 valence electrons. The molecule has 0 aliphatic rings. The molecule has 0 spiro atoms. The molecule has 3 aromatic rings. The second-order valence-electron chi connectivity index (χ2n) is 5.29. The van der Waals surface area contributed by atoms with Crippen molar-refractivity contribution in [2.45, 2.75) is 6.42 Å². The van der Waals surface area contributed by atoms with Gasteiger partial charge in [-0.2, -0.15) is 0 Å². The van der Waals surface area contributed by atoms with Gasteiger partial charge in [0, 0.05) is 28.2 Å². The maximum atomic E-state index is 12.4. The summed E-state index contributed by atoms with van der Waals surface area (Å²) in [5.41, 5.74) is 2.38. The Morgan fingerprint density at radius 2 is 2.00 bits per heavy atom. The van der Waals surface area contributed by atoms with E-state index in [1.807, 2.05) is 24.4 Å². The van der Waals surface area contributed by atoms with Gasteiger partial charge in [-0.25, -0.2) is 0 Å². The third kappa shape index (κ3) is 3.31. The standard InChI is InChI=1S/C18H17ClN2O3/c1-23-13-4-6-17(24-2)16(9-13)21-18(22)7-11-10-20-15-8-12(19)3-5-14(11)15/h3-6,8-10,20H,7H2,1-2H3,(H,21,22). The minimum Gasteiger partial charge on any atom is -0.497 e. The first kappa shape index (κ1) is 16.2. The Hall–Kier alpha value is -2.66. The molecule has 1 heterocycles. The molecule has 3 rings (SSSR count). The van der Waals surface area contributed by atoms with E-state index in [0.29, 0.717) is 22.2 Å². The van der Waals surface area contributed by atoms with E-state index in [-0.39, 0.29) is 12.3 Å². The molecule has 1 amide bonds. The van der Waals surface area contributed by atoms with Gasteiger partial charge >= 0.3 is 0 Å². The average Bonchev–Trinajstić information content (AvgIpc) is 2.96. The highest BCUT2D eigenvalue weighted by Gasteiger charge is 2.12. The number of amides is 1. The number of H-pyrrole nitrogens is 1. The lowest BCUT2D eigenvalue weighted by Gasteiger charge is -2.11. The molecule has 0 saturated carbocycles. The van der Waals surface area contributed by atoms with E-state index < -0.39 is 0 Å². The van der Waals surface area contributed by atoms with Crippen molar-refractivity contribution >= 4 is 34.1 Å². The Labute approximate surface area is 144 Å². The summed E-state index contributed by atoms with van der Waals surface area (Å²) in [5, 5.41) is 4.50. The fraction of sp³-hybridized carbons (Fsp3) is 0.167. The van der Waals surface area contributed by atoms with Crippen LogP contribution in [-0.2, 0) is 11.2 Å². The van der Waals surface area contributed by atoms with Crippen molar-refractivity contribution in [2.24, 2.45) is 0 Å². The summed E-state index contributed by atoms with van der Waals surface area (Å²) in [6.07, 6.45) is 2.06. The first-order chi connectivity index (χ1) is 11.6. The maximum Gasteiger partial charge on any atom is 0.228 e. The SMILES string of the molecule is COc1ccc(OC)c(NC(=O)Cc2c[nH]c3cc(Cl)ccc23)c1. The van der Waals surface area contributed by atoms with Gasteiger partial charge in [0.05, 0.1) is 26.3 Å². The monoisotopic (exact) mass is 344 g/mol. The Kier molecular flexibility index (Phi) is 4.62. The fourth-order valence-electron chi connectivity index (χ4n) is 2.58. The van der Waals surface area contributed by atoms with Gasteiger partial charge in [0.25, 0.3) is 0 Å². The number of fused-ring (bicyclic) bond motifs is 1. The van der Waals surface area contributed by atoms with E-state index in [1.54, 1.807) is 32.4 Å². The number of halogens is 1. The first-order valence-electron chi connectivity index (χ1n) is 7.38. The minimum absolute atomic E-state index is 0.141. The van der Waals surface area contributed by atoms with E-state index >= 15 is 0 Å². The fourth-order valence-corrected chi connectivity index (χ4v) is 2.76. The Morgan fingerprint density at radius 3 is 2.75 bits per heavy atom. The summed E-state index contributed by atoms with van der Waals surface area (Å²) < 4.78 is 10.5. The summed E-state index contributed by atoms with van der Waals surface area (Å²) in [5.74, 6) is 1.08. The number of ether oxygens (including phenoxy) is 2. The second kappa shape index (κ2) is 6.84. The highest BCUT2D eigenvalue weighted by Crippen LogP contribution is 2.29. The molecule has 0 atom stereocenters. The number of nitrogens with one attached hydrogen (secondary N) is 2. The van der Waals surface area contributed by atoms with E-state index in [2.05, 4.69) is 10.3 Å². The highest BCUT2D eigenvalue weighted by molar-refractivity contribution is 6.31. The zero-order valence-electron chi connectivity index (χ0n) is 13.4. The maximum absolute atomic E-state index is 12.4. The molecule has 0 aliphatic carbocycles. The van der Waals surface area contributed by atoms with Crippen LogP contribution in [0.2, 0.25) is 5.02 Å². The average molecular weight is 345 g/mol. The molecule has 24 heavy (non-hydrogen) atoms. The van der Waals surface area contributed by atoms with Crippen LogP contribution in [0.5, 0.6) is 11.5 Å². The number of hydrogen-bond donors (Lipinski definition) is 2. The largest absolute Gasteiger partial charge is 0.497 e. The lowest BCUT2D eigenvalue weighted by Crippen LogP contribution is -2.15. The summed E-state index contributed by atoms with van der Waals surface area (Å²) in [4.78, 5) is 15.5. The quantitative estimate of drug-likeness (QED) is 0.734. The van der Waals surface area contributed by atoms with Crippen LogP contribution in [0.3, 0.4) is 0 Å². The number of anilines is 1. The molecule has 1 aromatic heterocycles. The number of rotatable bonds is 5. The minimum atomic E-state index is -0.141. The van der Waals surface area contributed by atoms with Crippen molar-refractivity contribution in [3.63, 3.8) is 0 Å². The van der Waals surface area contributed by atoms with Crippen LogP contribution in [0, 0.1) is 0 Å². The van der Waals surface area contributed by atoms with Gasteiger partial charge in [-0.1, -0.05) is 17.7 Å². The van der Waals surface area contributed by atoms with Gasteiger partial charge in [0.2, 0.25) is 5.91 Å². The highest BCUT2D eigenvalue weighted by atomic mass is 35.5. The van der Waals surface area contributed by atoms with Crippen LogP contribution in [0.25, 0.3) is 10.9 Å². The normalized spacial score (nSPS) is 10.6. The topological polar surface area (TPSA) is 63.4 Å². The Bertz CT molecular complexity index is 889. The number of hydrogen-bond acceptors (Lipinski definition) is 3. The number of aromatic nitrogens is 1. The van der Waals surface area contributed by atoms with Crippen molar-refractivity contribution in [2.75, 3.05) is 19.5 Å². The zero-order valence-corrected chi connectivity index (χ0v) is 14.1. The predicted molar refractivity (Wildman–Crippen MR) is 95.2 cm³/mol. The van der Waals surface area contributed by atoms with E-state index in [1.165, 1.54) is 0 Å². The smallest absolute Gasteiger partial charge is 0.228 e. The lowest BCUT2D eigenvalue weighted by atomic mass is 10.1. The molecule has 6 heteroatoms. The summed E-state index contributed by atoms with van der Waals surface area (Å²) in [7, 11) is 3.13. The van der Waals surface area contributed by atoms with Crippen LogP contribution in [0.4, 0.5) is 5.69 Å². The number of carbonyl (C=O) groups is 1. The van der Waals surface area contributed by atoms with Crippen molar-refractivity contribution < 1.29 is 14.3 Å². The molecule has 0 saturated heterocycles. The van der Waals surface area contributed by atoms with Crippen LogP contribution < -0.4 is 14.8 Å². The summed E-state index contributed by atoms with van der Waals surface area (Å²) in [6.45, 7) is 0. The first-order valence-corrected chi connectivity index (χ1v) is 7.76. The van der Waals surface area contributed by atoms with E-state index in [4.69, 9.17) is 21.1 Å². The Morgan fingerprint density at radius 1 is 1.17 bits per heavy atom. The molecule has 2 aromatic carbocycles. The third-order valence-electron chi connectivity index (χ3n) is 3.76. The van der Waals surface area contributed by atoms with Gasteiger partial charge in [-0.15, -0.1) is 0 Å². The van der Waals surface area contributed by atoms with Crippen molar-refractivity contribution in [1.82, 2.24) is 4.98 Å². The van der Waals surface area contributed by atoms with Gasteiger partial charge in [-0.05, 0) is 29.8 Å². The molecule has 0 aliphatic heterocycles. The summed E-state index contributed by atoms with van der Waals surface area (Å²) >= 11 is 5.98. The molecule has 2 N–H and O–H groups in total. The molecule has 0 fully saturated rings. The molecule has 0 unspecified atom stereocenters.